The van der Waals surface area contributed by atoms with Crippen LogP contribution in [-0.2, 0) is 5.41 Å². The van der Waals surface area contributed by atoms with Crippen molar-refractivity contribution in [1.82, 2.24) is 15.0 Å². The number of para-hydroxylation sites is 1. The van der Waals surface area contributed by atoms with Gasteiger partial charge in [-0.3, -0.25) is 0 Å². The number of nitrogens with zero attached hydrogens (tertiary/aromatic N) is 3. The lowest BCUT2D eigenvalue weighted by molar-refractivity contribution is 0.660. The number of fused-ring (bicyclic) bond motifs is 9. The first-order chi connectivity index (χ1) is 29.0. The fourth-order valence-corrected chi connectivity index (χ4v) is 9.30. The number of rotatable bonds is 5. The zero-order chi connectivity index (χ0) is 39.2. The van der Waals surface area contributed by atoms with Gasteiger partial charge >= 0.3 is 0 Å². The number of benzene rings is 8. The molecule has 278 valence electrons. The van der Waals surface area contributed by atoms with E-state index in [2.05, 4.69) is 153 Å². The third-order valence-corrected chi connectivity index (χ3v) is 12.2. The van der Waals surface area contributed by atoms with Crippen molar-refractivity contribution < 1.29 is 8.83 Å². The van der Waals surface area contributed by atoms with E-state index in [1.165, 1.54) is 22.3 Å². The molecule has 0 aliphatic heterocycles. The van der Waals surface area contributed by atoms with Gasteiger partial charge < -0.3 is 8.83 Å². The van der Waals surface area contributed by atoms with Crippen molar-refractivity contribution in [1.29, 1.82) is 0 Å². The molecule has 0 spiro atoms. The van der Waals surface area contributed by atoms with Gasteiger partial charge in [-0.15, -0.1) is 0 Å². The van der Waals surface area contributed by atoms with E-state index in [-0.39, 0.29) is 5.41 Å². The zero-order valence-electron chi connectivity index (χ0n) is 32.4. The second-order valence-electron chi connectivity index (χ2n) is 15.9. The number of furan rings is 2. The van der Waals surface area contributed by atoms with Crippen molar-refractivity contribution in [3.05, 3.63) is 187 Å². The molecule has 0 atom stereocenters. The highest BCUT2D eigenvalue weighted by molar-refractivity contribution is 6.17. The molecule has 1 aliphatic rings. The molecule has 0 bridgehead atoms. The van der Waals surface area contributed by atoms with E-state index in [0.29, 0.717) is 17.5 Å². The third kappa shape index (κ3) is 5.14. The number of hydrogen-bond acceptors (Lipinski definition) is 5. The van der Waals surface area contributed by atoms with E-state index < -0.39 is 0 Å². The fraction of sp³-hybridized carbons (Fsp3) is 0.0556. The Balaban J connectivity index is 1.04. The normalized spacial score (nSPS) is 13.1. The van der Waals surface area contributed by atoms with Gasteiger partial charge in [0.2, 0.25) is 0 Å². The van der Waals surface area contributed by atoms with Crippen LogP contribution in [0.2, 0.25) is 0 Å². The van der Waals surface area contributed by atoms with Crippen LogP contribution in [0, 0.1) is 0 Å². The Morgan fingerprint density at radius 1 is 0.356 bits per heavy atom. The molecule has 1 aliphatic carbocycles. The van der Waals surface area contributed by atoms with Crippen LogP contribution in [0.4, 0.5) is 0 Å². The molecule has 3 aromatic heterocycles. The molecule has 3 heterocycles. The molecule has 12 rings (SSSR count). The van der Waals surface area contributed by atoms with Crippen molar-refractivity contribution >= 4 is 43.9 Å². The highest BCUT2D eigenvalue weighted by Crippen LogP contribution is 2.50. The first kappa shape index (κ1) is 33.5. The average molecular weight is 758 g/mol. The fourth-order valence-electron chi connectivity index (χ4n) is 9.30. The molecule has 0 amide bonds. The van der Waals surface area contributed by atoms with Crippen LogP contribution < -0.4 is 0 Å². The Labute approximate surface area is 340 Å². The summed E-state index contributed by atoms with van der Waals surface area (Å²) in [7, 11) is 0. The smallest absolute Gasteiger partial charge is 0.164 e. The van der Waals surface area contributed by atoms with Crippen molar-refractivity contribution in [3.8, 4) is 67.5 Å². The summed E-state index contributed by atoms with van der Waals surface area (Å²) in [5, 5.41) is 4.12. The van der Waals surface area contributed by atoms with Crippen LogP contribution in [0.3, 0.4) is 0 Å². The van der Waals surface area contributed by atoms with Gasteiger partial charge in [-0.25, -0.2) is 15.0 Å². The summed E-state index contributed by atoms with van der Waals surface area (Å²) in [5.74, 6) is 1.83. The minimum Gasteiger partial charge on any atom is -0.456 e. The van der Waals surface area contributed by atoms with Gasteiger partial charge in [0.15, 0.2) is 17.5 Å². The molecular formula is C54H35N3O2. The van der Waals surface area contributed by atoms with Crippen LogP contribution in [0.15, 0.2) is 185 Å². The van der Waals surface area contributed by atoms with Gasteiger partial charge in [0.25, 0.3) is 0 Å². The lowest BCUT2D eigenvalue weighted by Crippen LogP contribution is -2.15. The maximum absolute atomic E-state index is 6.63. The summed E-state index contributed by atoms with van der Waals surface area (Å²) in [6.45, 7) is 4.60. The molecule has 0 radical (unpaired) electrons. The molecule has 0 N–H and O–H groups in total. The second-order valence-corrected chi connectivity index (χ2v) is 15.9. The van der Waals surface area contributed by atoms with Crippen LogP contribution in [-0.4, -0.2) is 15.0 Å². The van der Waals surface area contributed by atoms with Crippen molar-refractivity contribution in [2.24, 2.45) is 0 Å². The molecule has 8 aromatic carbocycles. The quantitative estimate of drug-likeness (QED) is 0.175. The Morgan fingerprint density at radius 3 is 1.76 bits per heavy atom. The summed E-state index contributed by atoms with van der Waals surface area (Å²) in [6, 6.07) is 61.2. The predicted octanol–water partition coefficient (Wildman–Crippen LogP) is 14.3. The third-order valence-electron chi connectivity index (χ3n) is 12.2. The molecule has 5 heteroatoms. The van der Waals surface area contributed by atoms with Crippen LogP contribution in [0.1, 0.15) is 25.0 Å². The van der Waals surface area contributed by atoms with Gasteiger partial charge in [0.05, 0.1) is 0 Å². The van der Waals surface area contributed by atoms with E-state index in [0.717, 1.165) is 82.8 Å². The minimum atomic E-state index is -0.156. The molecule has 59 heavy (non-hydrogen) atoms. The lowest BCUT2D eigenvalue weighted by Gasteiger charge is -2.21. The van der Waals surface area contributed by atoms with Crippen LogP contribution in [0.25, 0.3) is 111 Å². The summed E-state index contributed by atoms with van der Waals surface area (Å²) in [6.07, 6.45) is 0. The summed E-state index contributed by atoms with van der Waals surface area (Å²) >= 11 is 0. The van der Waals surface area contributed by atoms with E-state index in [1.807, 2.05) is 36.4 Å². The van der Waals surface area contributed by atoms with E-state index in [4.69, 9.17) is 23.8 Å². The molecular weight excluding hydrogens is 723 g/mol. The molecule has 0 saturated heterocycles. The molecule has 5 nitrogen and oxygen atoms in total. The minimum absolute atomic E-state index is 0.156. The van der Waals surface area contributed by atoms with Crippen LogP contribution in [0.5, 0.6) is 0 Å². The first-order valence-electron chi connectivity index (χ1n) is 20.0. The SMILES string of the molecule is CC1(C)c2ccccc2-c2ccc(-c3nc(-c4ccccc4)nc(-c4cccc5oc6ccc(-c7cccc8oc9c(-c%10ccccc%10)cccc9c78)cc6c45)n3)cc21. The number of hydrogen-bond donors (Lipinski definition) is 0. The monoisotopic (exact) mass is 757 g/mol. The predicted molar refractivity (Wildman–Crippen MR) is 239 cm³/mol. The summed E-state index contributed by atoms with van der Waals surface area (Å²) in [5.41, 5.74) is 15.4. The molecule has 0 unspecified atom stereocenters. The van der Waals surface area contributed by atoms with Gasteiger partial charge in [0, 0.05) is 49.2 Å². The van der Waals surface area contributed by atoms with Gasteiger partial charge in [-0.05, 0) is 69.3 Å². The first-order valence-corrected chi connectivity index (χ1v) is 20.0. The van der Waals surface area contributed by atoms with Crippen molar-refractivity contribution in [2.45, 2.75) is 19.3 Å². The Kier molecular flexibility index (Phi) is 7.20. The Morgan fingerprint density at radius 2 is 0.949 bits per heavy atom. The highest BCUT2D eigenvalue weighted by atomic mass is 16.3. The Hall–Kier alpha value is -7.63. The maximum Gasteiger partial charge on any atom is 0.164 e. The largest absolute Gasteiger partial charge is 0.456 e. The average Bonchev–Trinajstić information content (AvgIpc) is 3.94. The van der Waals surface area contributed by atoms with Crippen LogP contribution >= 0.6 is 0 Å². The summed E-state index contributed by atoms with van der Waals surface area (Å²) in [4.78, 5) is 15.6. The number of aromatic nitrogens is 3. The van der Waals surface area contributed by atoms with E-state index >= 15 is 0 Å². The van der Waals surface area contributed by atoms with Gasteiger partial charge in [-0.1, -0.05) is 159 Å². The topological polar surface area (TPSA) is 65.0 Å². The molecule has 0 fully saturated rings. The van der Waals surface area contributed by atoms with Crippen molar-refractivity contribution in [3.63, 3.8) is 0 Å². The van der Waals surface area contributed by atoms with Crippen molar-refractivity contribution in [2.75, 3.05) is 0 Å². The lowest BCUT2D eigenvalue weighted by atomic mass is 9.82. The summed E-state index contributed by atoms with van der Waals surface area (Å²) < 4.78 is 13.2. The van der Waals surface area contributed by atoms with E-state index in [9.17, 15) is 0 Å². The van der Waals surface area contributed by atoms with E-state index in [1.54, 1.807) is 0 Å². The zero-order valence-corrected chi connectivity index (χ0v) is 32.4. The standard InChI is InChI=1S/C54H35N3O2/c1-54(2)43-23-10-9-18-38(43)39-28-26-35(31-44(39)54)52-55-51(33-16-7-4-8-17-33)56-53(57-52)41-22-13-24-46-49(41)42-30-34(27-29-45(42)58-46)36-19-12-25-47-48(36)40-21-11-20-37(50(40)59-47)32-14-5-3-6-15-32/h3-31H,1-2H3. The van der Waals surface area contributed by atoms with Gasteiger partial charge in [0.1, 0.15) is 22.3 Å². The van der Waals surface area contributed by atoms with Gasteiger partial charge in [-0.2, -0.15) is 0 Å². The molecule has 0 saturated carbocycles. The second kappa shape index (κ2) is 12.7. The molecule has 11 aromatic rings. The highest BCUT2D eigenvalue weighted by Gasteiger charge is 2.35. The maximum atomic E-state index is 6.63. The Bertz CT molecular complexity index is 3470.